The first-order valence-electron chi connectivity index (χ1n) is 7.05. The quantitative estimate of drug-likeness (QED) is 0.920. The van der Waals surface area contributed by atoms with Gasteiger partial charge in [-0.05, 0) is 37.0 Å². The average Bonchev–Trinajstić information content (AvgIpc) is 3.18. The Hall–Kier alpha value is -2.02. The van der Waals surface area contributed by atoms with Crippen LogP contribution in [0.25, 0.3) is 5.69 Å². The fourth-order valence-corrected chi connectivity index (χ4v) is 2.43. The second-order valence-electron chi connectivity index (χ2n) is 5.45. The monoisotopic (exact) mass is 343 g/mol. The number of alkyl halides is 3. The van der Waals surface area contributed by atoms with E-state index in [1.807, 2.05) is 0 Å². The Morgan fingerprint density at radius 3 is 2.74 bits per heavy atom. The Morgan fingerprint density at radius 2 is 2.13 bits per heavy atom. The lowest BCUT2D eigenvalue weighted by molar-refractivity contribution is -0.143. The number of aromatic nitrogens is 2. The second kappa shape index (κ2) is 5.88. The van der Waals surface area contributed by atoms with Gasteiger partial charge < -0.3 is 5.32 Å². The number of nitrogens with one attached hydrogen (secondary N) is 1. The van der Waals surface area contributed by atoms with Crippen molar-refractivity contribution in [2.45, 2.75) is 19.0 Å². The number of nitrogens with zero attached hydrogens (tertiary/aromatic N) is 2. The maximum Gasteiger partial charge on any atom is 0.434 e. The van der Waals surface area contributed by atoms with Crippen LogP contribution in [-0.4, -0.2) is 22.2 Å². The highest BCUT2D eigenvalue weighted by Gasteiger charge is 2.40. The lowest BCUT2D eigenvalue weighted by Gasteiger charge is -2.13. The number of hydrogen-bond donors (Lipinski definition) is 1. The molecular formula is C15H13ClF3N3O. The van der Waals surface area contributed by atoms with E-state index in [1.54, 1.807) is 6.07 Å². The molecule has 1 N–H and O–H groups in total. The van der Waals surface area contributed by atoms with Crippen molar-refractivity contribution in [2.75, 3.05) is 6.54 Å². The minimum atomic E-state index is -4.72. The normalized spacial score (nSPS) is 14.8. The first kappa shape index (κ1) is 15.9. The Bertz CT molecular complexity index is 738. The van der Waals surface area contributed by atoms with E-state index in [2.05, 4.69) is 10.4 Å². The van der Waals surface area contributed by atoms with E-state index in [0.717, 1.165) is 19.0 Å². The third-order valence-corrected chi connectivity index (χ3v) is 3.82. The van der Waals surface area contributed by atoms with E-state index < -0.39 is 23.3 Å². The first-order valence-corrected chi connectivity index (χ1v) is 7.43. The highest BCUT2D eigenvalue weighted by atomic mass is 35.5. The van der Waals surface area contributed by atoms with Crippen LogP contribution in [0, 0.1) is 5.92 Å². The van der Waals surface area contributed by atoms with Gasteiger partial charge in [-0.25, -0.2) is 4.68 Å². The summed E-state index contributed by atoms with van der Waals surface area (Å²) in [5.41, 5.74) is -1.45. The summed E-state index contributed by atoms with van der Waals surface area (Å²) in [5, 5.41) is 6.55. The molecule has 4 nitrogen and oxygen atoms in total. The molecule has 3 rings (SSSR count). The molecule has 122 valence electrons. The highest BCUT2D eigenvalue weighted by Crippen LogP contribution is 2.34. The zero-order valence-corrected chi connectivity index (χ0v) is 12.7. The molecule has 2 aromatic rings. The summed E-state index contributed by atoms with van der Waals surface area (Å²) in [6.45, 7) is 0.387. The van der Waals surface area contributed by atoms with Gasteiger partial charge in [0.05, 0.1) is 17.4 Å². The Balaban J connectivity index is 1.98. The van der Waals surface area contributed by atoms with E-state index in [4.69, 9.17) is 11.6 Å². The predicted molar refractivity (Wildman–Crippen MR) is 78.6 cm³/mol. The number of rotatable bonds is 4. The van der Waals surface area contributed by atoms with E-state index in [9.17, 15) is 18.0 Å². The van der Waals surface area contributed by atoms with Crippen molar-refractivity contribution in [1.29, 1.82) is 0 Å². The lowest BCUT2D eigenvalue weighted by atomic mass is 10.2. The topological polar surface area (TPSA) is 46.9 Å². The molecular weight excluding hydrogens is 331 g/mol. The van der Waals surface area contributed by atoms with Gasteiger partial charge in [0.2, 0.25) is 0 Å². The molecule has 1 aliphatic rings. The number of amides is 1. The molecule has 1 amide bonds. The summed E-state index contributed by atoms with van der Waals surface area (Å²) in [6, 6.07) is 5.87. The number of carbonyl (C=O) groups is 1. The van der Waals surface area contributed by atoms with Crippen molar-refractivity contribution in [3.05, 3.63) is 46.7 Å². The van der Waals surface area contributed by atoms with Crippen molar-refractivity contribution < 1.29 is 18.0 Å². The van der Waals surface area contributed by atoms with E-state index in [1.165, 1.54) is 18.2 Å². The van der Waals surface area contributed by atoms with E-state index in [0.29, 0.717) is 17.1 Å². The van der Waals surface area contributed by atoms with Crippen LogP contribution in [0.15, 0.2) is 30.5 Å². The van der Waals surface area contributed by atoms with Gasteiger partial charge >= 0.3 is 6.18 Å². The van der Waals surface area contributed by atoms with Crippen molar-refractivity contribution in [2.24, 2.45) is 5.92 Å². The average molecular weight is 344 g/mol. The fourth-order valence-electron chi connectivity index (χ4n) is 2.25. The summed E-state index contributed by atoms with van der Waals surface area (Å²) in [4.78, 5) is 12.1. The van der Waals surface area contributed by atoms with Crippen LogP contribution in [-0.2, 0) is 6.18 Å². The van der Waals surface area contributed by atoms with Crippen LogP contribution in [0.3, 0.4) is 0 Å². The summed E-state index contributed by atoms with van der Waals surface area (Å²) < 4.78 is 41.0. The zero-order chi connectivity index (χ0) is 16.6. The van der Waals surface area contributed by atoms with Crippen molar-refractivity contribution in [3.8, 4) is 5.69 Å². The Labute approximate surface area is 135 Å². The molecule has 1 aromatic heterocycles. The Morgan fingerprint density at radius 1 is 1.39 bits per heavy atom. The molecule has 0 unspecified atom stereocenters. The van der Waals surface area contributed by atoms with Gasteiger partial charge in [0.25, 0.3) is 5.91 Å². The Kier molecular flexibility index (Phi) is 4.06. The van der Waals surface area contributed by atoms with Crippen LogP contribution in [0.1, 0.15) is 28.9 Å². The molecule has 0 aliphatic heterocycles. The molecule has 1 heterocycles. The molecule has 0 bridgehead atoms. The fraction of sp³-hybridized carbons (Fsp3) is 0.333. The predicted octanol–water partition coefficient (Wildman–Crippen LogP) is 3.68. The van der Waals surface area contributed by atoms with Crippen LogP contribution >= 0.6 is 11.6 Å². The molecule has 1 fully saturated rings. The molecule has 23 heavy (non-hydrogen) atoms. The van der Waals surface area contributed by atoms with Crippen molar-refractivity contribution in [1.82, 2.24) is 15.1 Å². The van der Waals surface area contributed by atoms with Crippen LogP contribution in [0.5, 0.6) is 0 Å². The summed E-state index contributed by atoms with van der Waals surface area (Å²) in [7, 11) is 0. The molecule has 0 saturated heterocycles. The van der Waals surface area contributed by atoms with Crippen LogP contribution in [0.4, 0.5) is 13.2 Å². The van der Waals surface area contributed by atoms with Gasteiger partial charge in [-0.2, -0.15) is 18.3 Å². The summed E-state index contributed by atoms with van der Waals surface area (Å²) in [6.07, 6.45) is -1.79. The van der Waals surface area contributed by atoms with Gasteiger partial charge in [-0.3, -0.25) is 4.79 Å². The van der Waals surface area contributed by atoms with Gasteiger partial charge in [0, 0.05) is 11.6 Å². The number of benzene rings is 1. The van der Waals surface area contributed by atoms with Gasteiger partial charge in [0.15, 0.2) is 5.69 Å². The third kappa shape index (κ3) is 3.50. The van der Waals surface area contributed by atoms with Crippen LogP contribution < -0.4 is 5.32 Å². The van der Waals surface area contributed by atoms with E-state index >= 15 is 0 Å². The molecule has 0 radical (unpaired) electrons. The molecule has 1 saturated carbocycles. The largest absolute Gasteiger partial charge is 0.434 e. The van der Waals surface area contributed by atoms with Crippen LogP contribution in [0.2, 0.25) is 5.02 Å². The smallest absolute Gasteiger partial charge is 0.352 e. The number of hydrogen-bond acceptors (Lipinski definition) is 2. The molecule has 8 heteroatoms. The molecule has 0 atom stereocenters. The minimum absolute atomic E-state index is 0.145. The molecule has 1 aliphatic carbocycles. The summed E-state index contributed by atoms with van der Waals surface area (Å²) in [5.74, 6) is -0.395. The summed E-state index contributed by atoms with van der Waals surface area (Å²) >= 11 is 5.82. The maximum atomic E-state index is 13.4. The SMILES string of the molecule is O=C(NCC1CC1)c1cnn(-c2cccc(Cl)c2)c1C(F)(F)F. The van der Waals surface area contributed by atoms with Gasteiger partial charge in [0.1, 0.15) is 0 Å². The number of carbonyl (C=O) groups excluding carboxylic acids is 1. The minimum Gasteiger partial charge on any atom is -0.352 e. The second-order valence-corrected chi connectivity index (χ2v) is 5.89. The zero-order valence-electron chi connectivity index (χ0n) is 11.9. The highest BCUT2D eigenvalue weighted by molar-refractivity contribution is 6.30. The molecule has 0 spiro atoms. The van der Waals surface area contributed by atoms with Crippen molar-refractivity contribution in [3.63, 3.8) is 0 Å². The first-order chi connectivity index (χ1) is 10.9. The lowest BCUT2D eigenvalue weighted by Crippen LogP contribution is -2.28. The van der Waals surface area contributed by atoms with Crippen molar-refractivity contribution >= 4 is 17.5 Å². The molecule has 1 aromatic carbocycles. The van der Waals surface area contributed by atoms with Gasteiger partial charge in [-0.1, -0.05) is 17.7 Å². The third-order valence-electron chi connectivity index (χ3n) is 3.58. The standard InChI is InChI=1S/C15H13ClF3N3O/c16-10-2-1-3-11(6-10)22-13(15(17,18)19)12(8-21-22)14(23)20-7-9-4-5-9/h1-3,6,8-9H,4-5,7H2,(H,20,23). The maximum absolute atomic E-state index is 13.4. The van der Waals surface area contributed by atoms with E-state index in [-0.39, 0.29) is 10.7 Å². The number of halogens is 4. The van der Waals surface area contributed by atoms with Gasteiger partial charge in [-0.15, -0.1) is 0 Å².